The Morgan fingerprint density at radius 3 is 2.17 bits per heavy atom. The summed E-state index contributed by atoms with van der Waals surface area (Å²) in [5.74, 6) is 0. The van der Waals surface area contributed by atoms with Gasteiger partial charge in [0.25, 0.3) is 0 Å². The van der Waals surface area contributed by atoms with E-state index in [4.69, 9.17) is 4.43 Å². The number of pyridine rings is 1. The topological polar surface area (TPSA) is 22.1 Å². The van der Waals surface area contributed by atoms with Gasteiger partial charge >= 0.3 is 0 Å². The van der Waals surface area contributed by atoms with Crippen LogP contribution in [0.5, 0.6) is 0 Å². The van der Waals surface area contributed by atoms with Crippen LogP contribution in [-0.2, 0) is 10.8 Å². The molecule has 1 rings (SSSR count). The summed E-state index contributed by atoms with van der Waals surface area (Å²) >= 11 is 0. The molecule has 0 unspecified atom stereocenters. The molecule has 0 spiro atoms. The Hall–Kier alpha value is -0.456. The summed E-state index contributed by atoms with van der Waals surface area (Å²) in [4.78, 5) is 4.07. The lowest BCUT2D eigenvalue weighted by molar-refractivity contribution is 0.405. The molecule has 0 aliphatic rings. The molecule has 0 aromatic carbocycles. The van der Waals surface area contributed by atoms with Gasteiger partial charge in [-0.05, 0) is 43.3 Å². The van der Waals surface area contributed by atoms with Crippen molar-refractivity contribution in [2.45, 2.75) is 50.7 Å². The molecule has 1 aromatic rings. The minimum atomic E-state index is -1.37. The molecule has 0 N–H and O–H groups in total. The van der Waals surface area contributed by atoms with Crippen molar-refractivity contribution in [1.29, 1.82) is 0 Å². The lowest BCUT2D eigenvalue weighted by Crippen LogP contribution is -2.34. The maximum atomic E-state index is 5.65. The van der Waals surface area contributed by atoms with Crippen LogP contribution in [0.15, 0.2) is 24.5 Å². The van der Waals surface area contributed by atoms with Gasteiger partial charge in [-0.25, -0.2) is 0 Å². The molecule has 0 saturated carbocycles. The first-order valence-corrected chi connectivity index (χ1v) is 13.3. The summed E-state index contributed by atoms with van der Waals surface area (Å²) in [6, 6.07) is 8.34. The Morgan fingerprint density at radius 1 is 1.00 bits per heavy atom. The number of hydrogen-bond donors (Lipinski definition) is 0. The highest BCUT2D eigenvalue weighted by Gasteiger charge is 2.27. The lowest BCUT2D eigenvalue weighted by atomic mass is 10.2. The molecule has 1 aromatic heterocycles. The van der Waals surface area contributed by atoms with E-state index in [-0.39, 0.29) is 0 Å². The second-order valence-electron chi connectivity index (χ2n) is 6.48. The van der Waals surface area contributed by atoms with Crippen molar-refractivity contribution in [2.75, 3.05) is 7.11 Å². The van der Waals surface area contributed by atoms with Crippen molar-refractivity contribution in [3.05, 3.63) is 30.1 Å². The van der Waals surface area contributed by atoms with Crippen molar-refractivity contribution in [1.82, 2.24) is 4.98 Å². The zero-order valence-corrected chi connectivity index (χ0v) is 14.5. The van der Waals surface area contributed by atoms with Crippen LogP contribution in [0.3, 0.4) is 0 Å². The average Bonchev–Trinajstić information content (AvgIpc) is 2.36. The average molecular weight is 282 g/mol. The third kappa shape index (κ3) is 5.93. The van der Waals surface area contributed by atoms with E-state index in [9.17, 15) is 0 Å². The van der Waals surface area contributed by atoms with E-state index in [1.54, 1.807) is 0 Å². The van der Waals surface area contributed by atoms with Gasteiger partial charge in [0.2, 0.25) is 0 Å². The van der Waals surface area contributed by atoms with Crippen molar-refractivity contribution in [2.24, 2.45) is 0 Å². The number of hydrogen-bond acceptors (Lipinski definition) is 2. The largest absolute Gasteiger partial charge is 0.420 e. The zero-order chi connectivity index (χ0) is 13.6. The van der Waals surface area contributed by atoms with Crippen molar-refractivity contribution >= 4 is 16.4 Å². The SMILES string of the molecule is CO[Si](C)(C)CC[Si](C)(C)CCc1ccncc1. The normalized spacial score (nSPS) is 12.7. The minimum absolute atomic E-state index is 1.08. The smallest absolute Gasteiger partial charge is 0.185 e. The lowest BCUT2D eigenvalue weighted by Gasteiger charge is -2.27. The van der Waals surface area contributed by atoms with Crippen LogP contribution in [-0.4, -0.2) is 28.5 Å². The molecule has 0 radical (unpaired) electrons. The monoisotopic (exact) mass is 281 g/mol. The summed E-state index contributed by atoms with van der Waals surface area (Å²) < 4.78 is 5.65. The van der Waals surface area contributed by atoms with Crippen molar-refractivity contribution < 1.29 is 4.43 Å². The Bertz CT molecular complexity index is 352. The third-order valence-corrected chi connectivity index (χ3v) is 10.1. The molecule has 4 heteroatoms. The number of aromatic nitrogens is 1. The third-order valence-electron chi connectivity index (χ3n) is 3.80. The van der Waals surface area contributed by atoms with Gasteiger partial charge in [0.15, 0.2) is 8.32 Å². The van der Waals surface area contributed by atoms with Crippen LogP contribution in [0.4, 0.5) is 0 Å². The molecule has 0 fully saturated rings. The first-order valence-electron chi connectivity index (χ1n) is 6.79. The molecule has 0 aliphatic heterocycles. The van der Waals surface area contributed by atoms with E-state index < -0.39 is 16.4 Å². The second-order valence-corrected chi connectivity index (χ2v) is 16.2. The molecule has 0 atom stereocenters. The van der Waals surface area contributed by atoms with Crippen LogP contribution < -0.4 is 0 Å². The van der Waals surface area contributed by atoms with Crippen LogP contribution >= 0.6 is 0 Å². The number of aryl methyl sites for hydroxylation is 1. The Labute approximate surface area is 114 Å². The van der Waals surface area contributed by atoms with Gasteiger partial charge in [-0.2, -0.15) is 0 Å². The van der Waals surface area contributed by atoms with E-state index in [0.29, 0.717) is 0 Å². The molecule has 0 bridgehead atoms. The molecule has 0 amide bonds. The summed E-state index contributed by atoms with van der Waals surface area (Å²) in [5, 5.41) is 0. The van der Waals surface area contributed by atoms with E-state index in [0.717, 1.165) is 0 Å². The first kappa shape index (κ1) is 15.6. The van der Waals surface area contributed by atoms with E-state index in [1.807, 2.05) is 19.5 Å². The predicted octanol–water partition coefficient (Wildman–Crippen LogP) is 4.18. The molecule has 18 heavy (non-hydrogen) atoms. The van der Waals surface area contributed by atoms with Gasteiger partial charge in [-0.15, -0.1) is 0 Å². The fourth-order valence-electron chi connectivity index (χ4n) is 1.90. The summed E-state index contributed by atoms with van der Waals surface area (Å²) in [6.07, 6.45) is 4.99. The maximum Gasteiger partial charge on any atom is 0.185 e. The van der Waals surface area contributed by atoms with Gasteiger partial charge in [0.05, 0.1) is 0 Å². The molecule has 0 saturated heterocycles. The zero-order valence-electron chi connectivity index (χ0n) is 12.5. The first-order chi connectivity index (χ1) is 8.35. The number of nitrogens with zero attached hydrogens (tertiary/aromatic N) is 1. The highest BCUT2D eigenvalue weighted by atomic mass is 28.4. The fraction of sp³-hybridized carbons (Fsp3) is 0.643. The van der Waals surface area contributed by atoms with Gasteiger partial charge in [0, 0.05) is 27.6 Å². The van der Waals surface area contributed by atoms with Crippen LogP contribution in [0, 0.1) is 0 Å². The quantitative estimate of drug-likeness (QED) is 0.699. The van der Waals surface area contributed by atoms with Crippen LogP contribution in [0.1, 0.15) is 5.56 Å². The standard InChI is InChI=1S/C14H27NOSi2/c1-16-18(4,5)13-12-17(2,3)11-8-14-6-9-15-10-7-14/h6-7,9-10H,8,11-13H2,1-5H3. The summed E-state index contributed by atoms with van der Waals surface area (Å²) in [7, 11) is -0.576. The summed E-state index contributed by atoms with van der Waals surface area (Å²) in [6.45, 7) is 9.66. The van der Waals surface area contributed by atoms with Crippen molar-refractivity contribution in [3.8, 4) is 0 Å². The molecule has 1 heterocycles. The van der Waals surface area contributed by atoms with E-state index in [1.165, 1.54) is 30.1 Å². The predicted molar refractivity (Wildman–Crippen MR) is 84.3 cm³/mol. The molecule has 2 nitrogen and oxygen atoms in total. The molecular weight excluding hydrogens is 254 g/mol. The van der Waals surface area contributed by atoms with Gasteiger partial charge in [-0.3, -0.25) is 4.98 Å². The minimum Gasteiger partial charge on any atom is -0.420 e. The van der Waals surface area contributed by atoms with Gasteiger partial charge in [0.1, 0.15) is 0 Å². The summed E-state index contributed by atoms with van der Waals surface area (Å²) in [5.41, 5.74) is 1.42. The molecular formula is C14H27NOSi2. The van der Waals surface area contributed by atoms with E-state index >= 15 is 0 Å². The van der Waals surface area contributed by atoms with Crippen LogP contribution in [0.2, 0.25) is 44.3 Å². The second kappa shape index (κ2) is 6.64. The van der Waals surface area contributed by atoms with Gasteiger partial charge in [-0.1, -0.05) is 25.2 Å². The maximum absolute atomic E-state index is 5.65. The van der Waals surface area contributed by atoms with Gasteiger partial charge < -0.3 is 4.43 Å². The Kier molecular flexibility index (Phi) is 5.75. The van der Waals surface area contributed by atoms with Crippen molar-refractivity contribution in [3.63, 3.8) is 0 Å². The highest BCUT2D eigenvalue weighted by molar-refractivity contribution is 6.80. The fourth-order valence-corrected chi connectivity index (χ4v) is 8.43. The van der Waals surface area contributed by atoms with Crippen LogP contribution in [0.25, 0.3) is 0 Å². The Morgan fingerprint density at radius 2 is 1.61 bits per heavy atom. The Balaban J connectivity index is 2.40. The highest BCUT2D eigenvalue weighted by Crippen LogP contribution is 2.25. The molecule has 0 aliphatic carbocycles. The van der Waals surface area contributed by atoms with E-state index in [2.05, 4.69) is 43.3 Å². The molecule has 102 valence electrons. The number of rotatable bonds is 7.